The molecule has 1 aromatic heterocycles. The van der Waals surface area contributed by atoms with Gasteiger partial charge in [0.1, 0.15) is 0 Å². The van der Waals surface area contributed by atoms with Crippen LogP contribution in [0.2, 0.25) is 0 Å². The number of allylic oxidation sites excluding steroid dienone is 2. The number of methoxy groups -OCH3 is 1. The van der Waals surface area contributed by atoms with Crippen molar-refractivity contribution in [1.29, 1.82) is 0 Å². The van der Waals surface area contributed by atoms with Gasteiger partial charge >= 0.3 is 5.97 Å². The highest BCUT2D eigenvalue weighted by molar-refractivity contribution is 8.00. The number of carboxylic acid groups (broad SMARTS) is 1. The van der Waals surface area contributed by atoms with Gasteiger partial charge in [0, 0.05) is 16.7 Å². The second kappa shape index (κ2) is 7.28. The second-order valence-corrected chi connectivity index (χ2v) is 7.94. The molecule has 0 saturated heterocycles. The first-order valence-electron chi connectivity index (χ1n) is 7.91. The number of hydrogen-bond acceptors (Lipinski definition) is 5. The minimum absolute atomic E-state index is 0.0847. The van der Waals surface area contributed by atoms with Gasteiger partial charge < -0.3 is 14.7 Å². The molecular formula is C18H18FNO4S2. The van der Waals surface area contributed by atoms with Gasteiger partial charge in [0.05, 0.1) is 29.3 Å². The van der Waals surface area contributed by atoms with Crippen molar-refractivity contribution in [1.82, 2.24) is 4.90 Å². The van der Waals surface area contributed by atoms with Gasteiger partial charge in [-0.1, -0.05) is 0 Å². The van der Waals surface area contributed by atoms with Crippen LogP contribution in [0.5, 0.6) is 0 Å². The van der Waals surface area contributed by atoms with Crippen molar-refractivity contribution >= 4 is 35.0 Å². The van der Waals surface area contributed by atoms with E-state index in [4.69, 9.17) is 4.74 Å². The summed E-state index contributed by atoms with van der Waals surface area (Å²) in [6.07, 6.45) is 3.56. The van der Waals surface area contributed by atoms with Crippen molar-refractivity contribution in [2.24, 2.45) is 0 Å². The zero-order chi connectivity index (χ0) is 19.0. The predicted molar refractivity (Wildman–Crippen MR) is 98.9 cm³/mol. The number of carboxylic acids is 1. The summed E-state index contributed by atoms with van der Waals surface area (Å²) in [6.45, 7) is 1.67. The van der Waals surface area contributed by atoms with Gasteiger partial charge in [-0.25, -0.2) is 4.39 Å². The molecule has 1 unspecified atom stereocenters. The number of fused-ring (bicyclic) bond motifs is 1. The highest BCUT2D eigenvalue weighted by Gasteiger charge is 2.43. The third kappa shape index (κ3) is 3.07. The van der Waals surface area contributed by atoms with Gasteiger partial charge in [-0.3, -0.25) is 9.59 Å². The first-order valence-corrected chi connectivity index (χ1v) is 10.0. The topological polar surface area (TPSA) is 66.8 Å². The summed E-state index contributed by atoms with van der Waals surface area (Å²) in [5.41, 5.74) is 1.60. The molecule has 138 valence electrons. The van der Waals surface area contributed by atoms with Gasteiger partial charge in [0.15, 0.2) is 11.6 Å². The molecule has 0 saturated carbocycles. The number of nitrogens with zero attached hydrogens (tertiary/aromatic N) is 1. The van der Waals surface area contributed by atoms with E-state index in [1.165, 1.54) is 23.3 Å². The molecule has 5 nitrogen and oxygen atoms in total. The van der Waals surface area contributed by atoms with Crippen LogP contribution in [0, 0.1) is 0 Å². The Morgan fingerprint density at radius 1 is 1.50 bits per heavy atom. The van der Waals surface area contributed by atoms with Crippen LogP contribution in [0.3, 0.4) is 0 Å². The lowest BCUT2D eigenvalue weighted by atomic mass is 9.91. The quantitative estimate of drug-likeness (QED) is 0.757. The lowest BCUT2D eigenvalue weighted by molar-refractivity contribution is -0.136. The van der Waals surface area contributed by atoms with Crippen molar-refractivity contribution in [3.8, 4) is 0 Å². The molecular weight excluding hydrogens is 377 g/mol. The van der Waals surface area contributed by atoms with Crippen LogP contribution in [0.4, 0.5) is 4.39 Å². The Morgan fingerprint density at radius 2 is 2.23 bits per heavy atom. The van der Waals surface area contributed by atoms with E-state index in [0.717, 1.165) is 4.21 Å². The normalized spacial score (nSPS) is 19.6. The van der Waals surface area contributed by atoms with E-state index in [9.17, 15) is 19.1 Å². The summed E-state index contributed by atoms with van der Waals surface area (Å²) in [5.74, 6) is -1.82. The van der Waals surface area contributed by atoms with Gasteiger partial charge in [-0.05, 0) is 37.3 Å². The van der Waals surface area contributed by atoms with Crippen molar-refractivity contribution in [2.45, 2.75) is 30.0 Å². The molecule has 2 heterocycles. The number of amides is 1. The molecule has 2 aliphatic rings. The zero-order valence-electron chi connectivity index (χ0n) is 14.5. The molecule has 1 N–H and O–H groups in total. The molecule has 3 rings (SSSR count). The third-order valence-corrected chi connectivity index (χ3v) is 6.57. The standard InChI is InChI=1S/C18H18FNO4S2/c1-9-11(7-14(21)22)16-12(4-5-13(24-2)17(16)19)20(9)18(23)10-6-15(25-3)26-8-10/h5-6,8,12H,4,7H2,1-3H3,(H,21,22). The molecule has 1 atom stereocenters. The Labute approximate surface area is 158 Å². The summed E-state index contributed by atoms with van der Waals surface area (Å²) in [4.78, 5) is 25.9. The molecule has 0 radical (unpaired) electrons. The lowest BCUT2D eigenvalue weighted by Crippen LogP contribution is -2.36. The minimum atomic E-state index is -1.07. The van der Waals surface area contributed by atoms with Crippen LogP contribution in [-0.2, 0) is 9.53 Å². The van der Waals surface area contributed by atoms with E-state index in [-0.39, 0.29) is 23.7 Å². The Balaban J connectivity index is 2.07. The van der Waals surface area contributed by atoms with Crippen LogP contribution < -0.4 is 0 Å². The smallest absolute Gasteiger partial charge is 0.307 e. The molecule has 1 amide bonds. The number of carbonyl (C=O) groups excluding carboxylic acids is 1. The van der Waals surface area contributed by atoms with Crippen molar-refractivity contribution in [3.63, 3.8) is 0 Å². The van der Waals surface area contributed by atoms with Crippen LogP contribution >= 0.6 is 23.1 Å². The van der Waals surface area contributed by atoms with E-state index in [2.05, 4.69) is 0 Å². The first-order chi connectivity index (χ1) is 12.4. The summed E-state index contributed by atoms with van der Waals surface area (Å²) in [6, 6.07) is 1.26. The van der Waals surface area contributed by atoms with Crippen molar-refractivity contribution in [3.05, 3.63) is 51.5 Å². The zero-order valence-corrected chi connectivity index (χ0v) is 16.2. The number of aliphatic carboxylic acids is 1. The van der Waals surface area contributed by atoms with Gasteiger partial charge in [0.2, 0.25) is 0 Å². The average Bonchev–Trinajstić information content (AvgIpc) is 3.18. The maximum Gasteiger partial charge on any atom is 0.307 e. The van der Waals surface area contributed by atoms with E-state index in [1.807, 2.05) is 6.26 Å². The molecule has 1 aromatic rings. The Morgan fingerprint density at radius 3 is 2.81 bits per heavy atom. The second-order valence-electron chi connectivity index (χ2n) is 5.92. The van der Waals surface area contributed by atoms with E-state index in [0.29, 0.717) is 23.3 Å². The number of thiophene rings is 1. The largest absolute Gasteiger partial charge is 0.494 e. The van der Waals surface area contributed by atoms with E-state index >= 15 is 0 Å². The fourth-order valence-electron chi connectivity index (χ4n) is 3.36. The fraction of sp³-hybridized carbons (Fsp3) is 0.333. The van der Waals surface area contributed by atoms with Crippen LogP contribution in [0.15, 0.2) is 50.2 Å². The highest BCUT2D eigenvalue weighted by Crippen LogP contribution is 2.44. The number of halogens is 1. The van der Waals surface area contributed by atoms with Crippen LogP contribution in [-0.4, -0.2) is 41.3 Å². The number of rotatable bonds is 5. The molecule has 0 fully saturated rings. The number of ether oxygens (including phenoxy) is 1. The van der Waals surface area contributed by atoms with E-state index < -0.39 is 17.8 Å². The maximum absolute atomic E-state index is 14.9. The third-order valence-electron chi connectivity index (χ3n) is 4.54. The number of carbonyl (C=O) groups is 2. The summed E-state index contributed by atoms with van der Waals surface area (Å²) in [7, 11) is 1.37. The monoisotopic (exact) mass is 395 g/mol. The van der Waals surface area contributed by atoms with E-state index in [1.54, 1.807) is 36.2 Å². The maximum atomic E-state index is 14.9. The molecule has 1 aliphatic heterocycles. The molecule has 1 aliphatic carbocycles. The number of hydrogen-bond donors (Lipinski definition) is 1. The minimum Gasteiger partial charge on any atom is -0.494 e. The molecule has 8 heteroatoms. The fourth-order valence-corrected chi connectivity index (χ4v) is 4.74. The van der Waals surface area contributed by atoms with Gasteiger partial charge in [-0.2, -0.15) is 0 Å². The first kappa shape index (κ1) is 18.7. The SMILES string of the molecule is COC1=CCC2C(=C1F)C(CC(=O)O)=C(C)N2C(=O)c1csc(SC)c1. The van der Waals surface area contributed by atoms with Crippen LogP contribution in [0.1, 0.15) is 30.1 Å². The average molecular weight is 395 g/mol. The Hall–Kier alpha value is -2.06. The summed E-state index contributed by atoms with van der Waals surface area (Å²) in [5, 5.41) is 11.0. The molecule has 0 spiro atoms. The van der Waals surface area contributed by atoms with Crippen molar-refractivity contribution in [2.75, 3.05) is 13.4 Å². The van der Waals surface area contributed by atoms with Crippen LogP contribution in [0.25, 0.3) is 0 Å². The van der Waals surface area contributed by atoms with Gasteiger partial charge in [0.25, 0.3) is 5.91 Å². The predicted octanol–water partition coefficient (Wildman–Crippen LogP) is 4.20. The summed E-state index contributed by atoms with van der Waals surface area (Å²) >= 11 is 3.02. The Kier molecular flexibility index (Phi) is 5.24. The highest BCUT2D eigenvalue weighted by atomic mass is 32.2. The number of thioether (sulfide) groups is 1. The Bertz CT molecular complexity index is 868. The molecule has 0 aromatic carbocycles. The summed E-state index contributed by atoms with van der Waals surface area (Å²) < 4.78 is 21.0. The molecule has 26 heavy (non-hydrogen) atoms. The van der Waals surface area contributed by atoms with Gasteiger partial charge in [-0.15, -0.1) is 23.1 Å². The van der Waals surface area contributed by atoms with Crippen molar-refractivity contribution < 1.29 is 23.8 Å². The molecule has 0 bridgehead atoms. The lowest BCUT2D eigenvalue weighted by Gasteiger charge is -2.28.